The van der Waals surface area contributed by atoms with Crippen molar-refractivity contribution in [2.75, 3.05) is 33.4 Å². The lowest BCUT2D eigenvalue weighted by atomic mass is 10.1. The van der Waals surface area contributed by atoms with Crippen molar-refractivity contribution < 1.29 is 32.9 Å². The molecule has 0 rings (SSSR count). The summed E-state index contributed by atoms with van der Waals surface area (Å²) in [6.45, 7) is 1.89. The van der Waals surface area contributed by atoms with E-state index in [9.17, 15) is 13.2 Å². The maximum Gasteiger partial charge on any atom is 0.446 e. The minimum absolute atomic E-state index is 0.213. The molecule has 0 heterocycles. The Kier molecular flexibility index (Phi) is 21.8. The van der Waals surface area contributed by atoms with Crippen molar-refractivity contribution in [2.45, 2.75) is 76.5 Å². The quantitative estimate of drug-likeness (QED) is 0.280. The van der Waals surface area contributed by atoms with Crippen LogP contribution in [0, 0.1) is 0 Å². The first-order chi connectivity index (χ1) is 12.4. The number of halogens is 3. The lowest BCUT2D eigenvalue weighted by Crippen LogP contribution is -2.19. The Hall–Kier alpha value is -0.700. The largest absolute Gasteiger partial charge is 0.446 e. The maximum absolute atomic E-state index is 10.4. The Morgan fingerprint density at radius 3 is 1.77 bits per heavy atom. The molecule has 0 saturated heterocycles. The summed E-state index contributed by atoms with van der Waals surface area (Å²) in [5.74, 6) is 0. The highest BCUT2D eigenvalue weighted by Crippen LogP contribution is 2.10. The molecule has 0 aliphatic rings. The van der Waals surface area contributed by atoms with Gasteiger partial charge in [0.05, 0.1) is 13.2 Å². The van der Waals surface area contributed by atoms with Gasteiger partial charge in [0.2, 0.25) is 6.29 Å². The molecule has 0 aromatic heterocycles. The third kappa shape index (κ3) is 28.1. The summed E-state index contributed by atoms with van der Waals surface area (Å²) in [5, 5.41) is 20.9. The third-order valence-corrected chi connectivity index (χ3v) is 3.62. The van der Waals surface area contributed by atoms with Crippen LogP contribution in [0.15, 0.2) is 0 Å². The summed E-state index contributed by atoms with van der Waals surface area (Å²) in [6.07, 6.45) is 6.61. The lowest BCUT2D eigenvalue weighted by Gasteiger charge is -2.08. The number of carbonyl (C=O) groups excluding carboxylic acids is 1. The first-order valence-electron chi connectivity index (χ1n) is 9.41. The topological polar surface area (TPSA) is 78.8 Å². The zero-order chi connectivity index (χ0) is 20.1. The van der Waals surface area contributed by atoms with Gasteiger partial charge in [-0.1, -0.05) is 51.4 Å². The Morgan fingerprint density at radius 1 is 0.962 bits per heavy atom. The van der Waals surface area contributed by atoms with Crippen molar-refractivity contribution in [3.8, 4) is 0 Å². The third-order valence-electron chi connectivity index (χ3n) is 3.62. The molecule has 5 nitrogen and oxygen atoms in total. The van der Waals surface area contributed by atoms with Gasteiger partial charge in [-0.05, 0) is 26.4 Å². The van der Waals surface area contributed by atoms with Gasteiger partial charge in [0.15, 0.2) is 0 Å². The number of aldehydes is 1. The molecule has 0 aromatic rings. The normalized spacial score (nSPS) is 12.4. The Morgan fingerprint density at radius 2 is 1.38 bits per heavy atom. The Balaban J connectivity index is 0. The van der Waals surface area contributed by atoms with Crippen LogP contribution in [0.3, 0.4) is 0 Å². The van der Waals surface area contributed by atoms with Crippen LogP contribution in [0.1, 0.15) is 64.2 Å². The average molecular weight is 387 g/mol. The predicted molar refractivity (Wildman–Crippen MR) is 96.1 cm³/mol. The van der Waals surface area contributed by atoms with Gasteiger partial charge in [0.25, 0.3) is 0 Å². The molecular weight excluding hydrogens is 351 g/mol. The molecule has 1 atom stereocenters. The molecule has 0 spiro atoms. The molecule has 26 heavy (non-hydrogen) atoms. The summed E-state index contributed by atoms with van der Waals surface area (Å²) < 4.78 is 36.5. The van der Waals surface area contributed by atoms with Gasteiger partial charge in [-0.3, -0.25) is 4.79 Å². The summed E-state index contributed by atoms with van der Waals surface area (Å²) in [6, 6.07) is 0. The summed E-state index contributed by atoms with van der Waals surface area (Å²) in [7, 11) is 2.01. The molecule has 0 fully saturated rings. The fourth-order valence-electron chi connectivity index (χ4n) is 2.19. The van der Waals surface area contributed by atoms with E-state index in [0.29, 0.717) is 6.61 Å². The number of hydrogen-bond donors (Lipinski definition) is 3. The molecule has 0 aromatic carbocycles. The van der Waals surface area contributed by atoms with Gasteiger partial charge in [-0.25, -0.2) is 0 Å². The fraction of sp³-hybridized carbons (Fsp3) is 0.944. The molecule has 3 N–H and O–H groups in total. The van der Waals surface area contributed by atoms with Crippen molar-refractivity contribution in [3.63, 3.8) is 0 Å². The van der Waals surface area contributed by atoms with E-state index in [4.69, 9.17) is 19.7 Å². The zero-order valence-electron chi connectivity index (χ0n) is 15.9. The highest BCUT2D eigenvalue weighted by atomic mass is 19.4. The van der Waals surface area contributed by atoms with Crippen LogP contribution in [0.4, 0.5) is 13.2 Å². The minimum Gasteiger partial charge on any atom is -0.394 e. The van der Waals surface area contributed by atoms with Crippen LogP contribution < -0.4 is 5.32 Å². The Bertz CT molecular complexity index is 292. The van der Waals surface area contributed by atoms with Crippen molar-refractivity contribution in [1.82, 2.24) is 5.32 Å². The van der Waals surface area contributed by atoms with E-state index < -0.39 is 18.6 Å². The molecule has 8 heteroatoms. The van der Waals surface area contributed by atoms with Gasteiger partial charge >= 0.3 is 6.18 Å². The van der Waals surface area contributed by atoms with Gasteiger partial charge in [0.1, 0.15) is 6.10 Å². The molecule has 0 amide bonds. The van der Waals surface area contributed by atoms with Crippen LogP contribution in [0.25, 0.3) is 0 Å². The SMILES string of the molecule is CNCCCCCCCCCCCCOCC(O)CO.O=CC(F)(F)F. The van der Waals surface area contributed by atoms with E-state index in [1.807, 2.05) is 7.05 Å². The van der Waals surface area contributed by atoms with E-state index in [-0.39, 0.29) is 13.2 Å². The number of hydrogen-bond acceptors (Lipinski definition) is 5. The molecule has 0 bridgehead atoms. The maximum atomic E-state index is 10.4. The van der Waals surface area contributed by atoms with Gasteiger partial charge < -0.3 is 20.3 Å². The van der Waals surface area contributed by atoms with E-state index >= 15 is 0 Å². The van der Waals surface area contributed by atoms with E-state index in [1.54, 1.807) is 0 Å². The second kappa shape index (κ2) is 20.6. The van der Waals surface area contributed by atoms with Gasteiger partial charge in [-0.15, -0.1) is 0 Å². The predicted octanol–water partition coefficient (Wildman–Crippen LogP) is 3.22. The number of aliphatic hydroxyl groups is 2. The van der Waals surface area contributed by atoms with Crippen molar-refractivity contribution in [2.24, 2.45) is 0 Å². The lowest BCUT2D eigenvalue weighted by molar-refractivity contribution is -0.156. The number of ether oxygens (including phenoxy) is 1. The first-order valence-corrected chi connectivity index (χ1v) is 9.41. The highest BCUT2D eigenvalue weighted by molar-refractivity contribution is 5.56. The molecule has 1 unspecified atom stereocenters. The second-order valence-corrected chi connectivity index (χ2v) is 6.21. The van der Waals surface area contributed by atoms with Crippen molar-refractivity contribution >= 4 is 6.29 Å². The molecule has 158 valence electrons. The van der Waals surface area contributed by atoms with Crippen LogP contribution >= 0.6 is 0 Å². The molecule has 0 saturated carbocycles. The number of rotatable bonds is 16. The number of aliphatic hydroxyl groups excluding tert-OH is 2. The van der Waals surface area contributed by atoms with Crippen molar-refractivity contribution in [3.05, 3.63) is 0 Å². The van der Waals surface area contributed by atoms with E-state index in [1.165, 1.54) is 57.8 Å². The summed E-state index contributed by atoms with van der Waals surface area (Å²) >= 11 is 0. The summed E-state index contributed by atoms with van der Waals surface area (Å²) in [4.78, 5) is 8.70. The number of nitrogens with one attached hydrogen (secondary N) is 1. The number of unbranched alkanes of at least 4 members (excludes halogenated alkanes) is 9. The van der Waals surface area contributed by atoms with Gasteiger partial charge in [0, 0.05) is 6.61 Å². The number of carbonyl (C=O) groups is 1. The molecule has 0 aliphatic heterocycles. The molecule has 0 aliphatic carbocycles. The van der Waals surface area contributed by atoms with Crippen molar-refractivity contribution in [1.29, 1.82) is 0 Å². The average Bonchev–Trinajstić information content (AvgIpc) is 2.61. The van der Waals surface area contributed by atoms with Crippen LogP contribution in [0.5, 0.6) is 0 Å². The fourth-order valence-corrected chi connectivity index (χ4v) is 2.19. The molecular formula is C18H36F3NO4. The van der Waals surface area contributed by atoms with Gasteiger partial charge in [-0.2, -0.15) is 13.2 Å². The Labute approximate surface area is 155 Å². The monoisotopic (exact) mass is 387 g/mol. The van der Waals surface area contributed by atoms with Crippen LogP contribution in [-0.4, -0.2) is 62.2 Å². The van der Waals surface area contributed by atoms with Crippen LogP contribution in [0.2, 0.25) is 0 Å². The first kappa shape index (κ1) is 27.5. The van der Waals surface area contributed by atoms with E-state index in [2.05, 4.69) is 5.32 Å². The van der Waals surface area contributed by atoms with E-state index in [0.717, 1.165) is 13.0 Å². The smallest absolute Gasteiger partial charge is 0.394 e. The summed E-state index contributed by atoms with van der Waals surface area (Å²) in [5.41, 5.74) is 0. The standard InChI is InChI=1S/C16H35NO3.C2HF3O/c1-17-12-10-8-6-4-2-3-5-7-9-11-13-20-15-16(19)14-18;3-2(4,5)1-6/h16-19H,2-15H2,1H3;1H. The molecule has 0 radical (unpaired) electrons. The number of alkyl halides is 3. The minimum atomic E-state index is -4.64. The zero-order valence-corrected chi connectivity index (χ0v) is 15.9. The van der Waals surface area contributed by atoms with Crippen LogP contribution in [-0.2, 0) is 9.53 Å². The second-order valence-electron chi connectivity index (χ2n) is 6.21. The highest BCUT2D eigenvalue weighted by Gasteiger charge is 2.24.